The predicted octanol–water partition coefficient (Wildman–Crippen LogP) is 1.13. The maximum atomic E-state index is 13.9. The Balaban J connectivity index is 0.00000261. The third-order valence-corrected chi connectivity index (χ3v) is 4.84. The molecule has 0 aliphatic heterocycles. The van der Waals surface area contributed by atoms with Crippen LogP contribution in [0.3, 0.4) is 0 Å². The van der Waals surface area contributed by atoms with Crippen molar-refractivity contribution in [1.82, 2.24) is 4.98 Å². The summed E-state index contributed by atoms with van der Waals surface area (Å²) in [5, 5.41) is 13.7. The van der Waals surface area contributed by atoms with Gasteiger partial charge in [0.25, 0.3) is 0 Å². The summed E-state index contributed by atoms with van der Waals surface area (Å²) in [6, 6.07) is 9.32. The first-order valence-electron chi connectivity index (χ1n) is 7.43. The Labute approximate surface area is 191 Å². The molecule has 0 saturated carbocycles. The number of hydrogen-bond acceptors (Lipinski definition) is 5. The van der Waals surface area contributed by atoms with E-state index in [2.05, 4.69) is 4.98 Å². The number of halogens is 3. The van der Waals surface area contributed by atoms with Gasteiger partial charge in [-0.3, -0.25) is 0 Å². The molecule has 1 heterocycles. The fourth-order valence-corrected chi connectivity index (χ4v) is 3.42. The van der Waals surface area contributed by atoms with E-state index in [1.807, 2.05) is 0 Å². The summed E-state index contributed by atoms with van der Waals surface area (Å²) in [6.45, 7) is -0.00505. The molecule has 3 aromatic rings. The second kappa shape index (κ2) is 9.87. The molecular weight excluding hydrogens is 423 g/mol. The summed E-state index contributed by atoms with van der Waals surface area (Å²) in [7, 11) is 0. The maximum Gasteiger partial charge on any atom is 1.00 e. The molecule has 2 aromatic carbocycles. The fourth-order valence-electron chi connectivity index (χ4n) is 2.25. The minimum Gasteiger partial charge on any atom is -0.550 e. The number of rotatable bonds is 6. The Hall–Kier alpha value is -1.15. The summed E-state index contributed by atoms with van der Waals surface area (Å²) in [6.07, 6.45) is -0.275. The summed E-state index contributed by atoms with van der Waals surface area (Å²) in [5.41, 5.74) is 1.34. The zero-order valence-corrected chi connectivity index (χ0v) is 18.5. The Kier molecular flexibility index (Phi) is 8.09. The second-order valence-electron chi connectivity index (χ2n) is 5.36. The van der Waals surface area contributed by atoms with Crippen molar-refractivity contribution >= 4 is 40.5 Å². The minimum absolute atomic E-state index is 0. The molecule has 4 nitrogen and oxygen atoms in total. The van der Waals surface area contributed by atoms with Gasteiger partial charge in [0.2, 0.25) is 0 Å². The van der Waals surface area contributed by atoms with Gasteiger partial charge in [-0.25, -0.2) is 9.37 Å². The van der Waals surface area contributed by atoms with Crippen molar-refractivity contribution in [2.45, 2.75) is 13.0 Å². The van der Waals surface area contributed by atoms with Gasteiger partial charge in [-0.05, 0) is 30.3 Å². The van der Waals surface area contributed by atoms with E-state index in [1.165, 1.54) is 17.4 Å². The summed E-state index contributed by atoms with van der Waals surface area (Å²) in [4.78, 5) is 15.0. The Bertz CT molecular complexity index is 968. The Morgan fingerprint density at radius 3 is 2.59 bits per heavy atom. The van der Waals surface area contributed by atoms with Gasteiger partial charge in [0.05, 0.1) is 11.3 Å². The fraction of sp³-hybridized carbons (Fsp3) is 0.111. The Morgan fingerprint density at radius 1 is 1.19 bits per heavy atom. The van der Waals surface area contributed by atoms with E-state index >= 15 is 0 Å². The standard InChI is InChI=1S/C18H12Cl2FNO3S.Na/c19-11-3-4-16(25-8-10-1-2-12(20)6-15(10)21)14(5-11)18-22-13(9-26-18)7-17(23)24;/h1-6,9H,7-8H2,(H,23,24);/q;+1/p-1. The average Bonchev–Trinajstić information content (AvgIpc) is 3.02. The quantitative estimate of drug-likeness (QED) is 0.546. The first-order valence-corrected chi connectivity index (χ1v) is 9.07. The molecule has 0 bridgehead atoms. The van der Waals surface area contributed by atoms with Crippen molar-refractivity contribution in [3.05, 3.63) is 68.9 Å². The second-order valence-corrected chi connectivity index (χ2v) is 7.09. The van der Waals surface area contributed by atoms with Crippen LogP contribution in [-0.4, -0.2) is 11.0 Å². The molecule has 3 rings (SSSR count). The van der Waals surface area contributed by atoms with Crippen LogP contribution in [0.2, 0.25) is 10.0 Å². The van der Waals surface area contributed by atoms with Crippen LogP contribution < -0.4 is 39.4 Å². The van der Waals surface area contributed by atoms with Crippen LogP contribution in [0.25, 0.3) is 10.6 Å². The molecule has 0 amide bonds. The molecule has 0 aliphatic carbocycles. The SMILES string of the molecule is O=C([O-])Cc1csc(-c2cc(Cl)ccc2OCc2ccc(Cl)cc2F)n1.[Na+]. The van der Waals surface area contributed by atoms with Crippen LogP contribution in [0.4, 0.5) is 4.39 Å². The topological polar surface area (TPSA) is 62.2 Å². The number of carbonyl (C=O) groups excluding carboxylic acids is 1. The number of carboxylic acids is 1. The number of carbonyl (C=O) groups is 1. The van der Waals surface area contributed by atoms with Crippen LogP contribution >= 0.6 is 34.5 Å². The van der Waals surface area contributed by atoms with Crippen molar-refractivity contribution in [3.63, 3.8) is 0 Å². The van der Waals surface area contributed by atoms with E-state index in [4.69, 9.17) is 27.9 Å². The number of nitrogens with zero attached hydrogens (tertiary/aromatic N) is 1. The van der Waals surface area contributed by atoms with Gasteiger partial charge in [0, 0.05) is 33.4 Å². The first kappa shape index (κ1) is 22.1. The molecule has 27 heavy (non-hydrogen) atoms. The van der Waals surface area contributed by atoms with Crippen LogP contribution in [0, 0.1) is 5.82 Å². The molecule has 0 atom stereocenters. The molecule has 0 aliphatic rings. The maximum absolute atomic E-state index is 13.9. The predicted molar refractivity (Wildman–Crippen MR) is 97.0 cm³/mol. The molecule has 9 heteroatoms. The number of ether oxygens (including phenoxy) is 1. The molecule has 0 saturated heterocycles. The van der Waals surface area contributed by atoms with Crippen molar-refractivity contribution in [1.29, 1.82) is 0 Å². The number of aliphatic carboxylic acids is 1. The molecule has 1 aromatic heterocycles. The third-order valence-electron chi connectivity index (χ3n) is 3.45. The Morgan fingerprint density at radius 2 is 1.89 bits per heavy atom. The molecule has 0 N–H and O–H groups in total. The first-order chi connectivity index (χ1) is 12.4. The number of hydrogen-bond donors (Lipinski definition) is 0. The van der Waals surface area contributed by atoms with Gasteiger partial charge in [0.15, 0.2) is 0 Å². The number of carboxylic acid groups (broad SMARTS) is 1. The van der Waals surface area contributed by atoms with E-state index in [-0.39, 0.29) is 42.6 Å². The average molecular weight is 434 g/mol. The van der Waals surface area contributed by atoms with Crippen molar-refractivity contribution in [2.24, 2.45) is 0 Å². The monoisotopic (exact) mass is 433 g/mol. The van der Waals surface area contributed by atoms with Gasteiger partial charge in [-0.2, -0.15) is 0 Å². The van der Waals surface area contributed by atoms with E-state index in [9.17, 15) is 14.3 Å². The molecule has 134 valence electrons. The summed E-state index contributed by atoms with van der Waals surface area (Å²) < 4.78 is 19.6. The largest absolute Gasteiger partial charge is 1.00 e. The van der Waals surface area contributed by atoms with E-state index in [1.54, 1.807) is 35.7 Å². The van der Waals surface area contributed by atoms with Crippen LogP contribution in [0.5, 0.6) is 5.75 Å². The van der Waals surface area contributed by atoms with Crippen molar-refractivity contribution in [3.8, 4) is 16.3 Å². The smallest absolute Gasteiger partial charge is 0.550 e. The molecule has 0 fully saturated rings. The van der Waals surface area contributed by atoms with Gasteiger partial charge in [-0.15, -0.1) is 11.3 Å². The summed E-state index contributed by atoms with van der Waals surface area (Å²) >= 11 is 13.1. The summed E-state index contributed by atoms with van der Waals surface area (Å²) in [5.74, 6) is -1.21. The van der Waals surface area contributed by atoms with Gasteiger partial charge in [-0.1, -0.05) is 29.3 Å². The zero-order chi connectivity index (χ0) is 18.7. The van der Waals surface area contributed by atoms with Crippen LogP contribution in [-0.2, 0) is 17.8 Å². The van der Waals surface area contributed by atoms with E-state index in [0.29, 0.717) is 37.6 Å². The van der Waals surface area contributed by atoms with Crippen molar-refractivity contribution in [2.75, 3.05) is 0 Å². The number of aromatic nitrogens is 1. The minimum atomic E-state index is -1.21. The van der Waals surface area contributed by atoms with E-state index < -0.39 is 11.8 Å². The number of thiazole rings is 1. The van der Waals surface area contributed by atoms with Crippen LogP contribution in [0.1, 0.15) is 11.3 Å². The molecule has 0 unspecified atom stereocenters. The van der Waals surface area contributed by atoms with Gasteiger partial charge < -0.3 is 14.6 Å². The van der Waals surface area contributed by atoms with Crippen LogP contribution in [0.15, 0.2) is 41.8 Å². The normalized spacial score (nSPS) is 10.3. The van der Waals surface area contributed by atoms with Crippen molar-refractivity contribution < 1.29 is 48.6 Å². The molecule has 0 radical (unpaired) electrons. The third kappa shape index (κ3) is 5.91. The van der Waals surface area contributed by atoms with Gasteiger partial charge in [0.1, 0.15) is 23.2 Å². The molecular formula is C18H11Cl2FNNaO3S. The number of benzene rings is 2. The molecule has 0 spiro atoms. The zero-order valence-electron chi connectivity index (χ0n) is 14.2. The van der Waals surface area contributed by atoms with E-state index in [0.717, 1.165) is 0 Å². The van der Waals surface area contributed by atoms with Gasteiger partial charge >= 0.3 is 29.6 Å².